The van der Waals surface area contributed by atoms with E-state index in [2.05, 4.69) is 20.9 Å². The molecule has 1 aliphatic heterocycles. The molecule has 2 heterocycles. The first-order valence-corrected chi connectivity index (χ1v) is 5.95. The van der Waals surface area contributed by atoms with Crippen LogP contribution in [0.4, 0.5) is 5.69 Å². The van der Waals surface area contributed by atoms with E-state index in [0.717, 1.165) is 0 Å². The lowest BCUT2D eigenvalue weighted by molar-refractivity contribution is -0.117. The van der Waals surface area contributed by atoms with Crippen LogP contribution >= 0.6 is 39.1 Å². The minimum atomic E-state index is -0.125. The van der Waals surface area contributed by atoms with E-state index in [4.69, 9.17) is 23.2 Å². The lowest BCUT2D eigenvalue weighted by atomic mass is 10.4. The van der Waals surface area contributed by atoms with Gasteiger partial charge < -0.3 is 4.90 Å². The standard InChI is InChI=1S/C9H7BrCl2N2O/c10-9-6(1-2-7(12)13-9)14-4-5(11)3-8(14)15/h1-2,5H,3-4H2. The first-order chi connectivity index (χ1) is 7.08. The van der Waals surface area contributed by atoms with Gasteiger partial charge in [-0.25, -0.2) is 4.98 Å². The second-order valence-electron chi connectivity index (χ2n) is 3.25. The van der Waals surface area contributed by atoms with Crippen molar-refractivity contribution in [3.05, 3.63) is 21.9 Å². The van der Waals surface area contributed by atoms with Gasteiger partial charge in [-0.05, 0) is 28.1 Å². The maximum Gasteiger partial charge on any atom is 0.228 e. The van der Waals surface area contributed by atoms with Crippen LogP contribution in [0.15, 0.2) is 16.7 Å². The third-order valence-electron chi connectivity index (χ3n) is 2.16. The van der Waals surface area contributed by atoms with E-state index >= 15 is 0 Å². The molecule has 0 aromatic carbocycles. The molecule has 0 spiro atoms. The summed E-state index contributed by atoms with van der Waals surface area (Å²) in [5.41, 5.74) is 0.715. The fourth-order valence-corrected chi connectivity index (χ4v) is 2.56. The van der Waals surface area contributed by atoms with Crippen LogP contribution < -0.4 is 4.90 Å². The summed E-state index contributed by atoms with van der Waals surface area (Å²) in [6.07, 6.45) is 0.372. The van der Waals surface area contributed by atoms with Gasteiger partial charge in [-0.1, -0.05) is 11.6 Å². The zero-order chi connectivity index (χ0) is 11.0. The van der Waals surface area contributed by atoms with Crippen LogP contribution in [0.3, 0.4) is 0 Å². The highest BCUT2D eigenvalue weighted by molar-refractivity contribution is 9.10. The first-order valence-electron chi connectivity index (χ1n) is 4.34. The number of hydrogen-bond donors (Lipinski definition) is 0. The van der Waals surface area contributed by atoms with Crippen molar-refractivity contribution in [1.82, 2.24) is 4.98 Å². The number of pyridine rings is 1. The second-order valence-corrected chi connectivity index (χ2v) is 5.01. The van der Waals surface area contributed by atoms with Crippen LogP contribution in [0.1, 0.15) is 6.42 Å². The molecule has 1 saturated heterocycles. The van der Waals surface area contributed by atoms with Crippen molar-refractivity contribution >= 4 is 50.7 Å². The molecule has 0 radical (unpaired) electrons. The molecule has 80 valence electrons. The Balaban J connectivity index is 2.34. The molecule has 0 N–H and O–H groups in total. The van der Waals surface area contributed by atoms with Crippen LogP contribution in [0.5, 0.6) is 0 Å². The third kappa shape index (κ3) is 2.27. The summed E-state index contributed by atoms with van der Waals surface area (Å²) in [6.45, 7) is 0.516. The van der Waals surface area contributed by atoms with Gasteiger partial charge in [0.25, 0.3) is 0 Å². The van der Waals surface area contributed by atoms with E-state index in [1.165, 1.54) is 0 Å². The summed E-state index contributed by atoms with van der Waals surface area (Å²) < 4.78 is 0.564. The van der Waals surface area contributed by atoms with Crippen molar-refractivity contribution in [2.45, 2.75) is 11.8 Å². The molecule has 0 saturated carbocycles. The summed E-state index contributed by atoms with van der Waals surface area (Å²) in [5, 5.41) is 0.264. The van der Waals surface area contributed by atoms with Crippen molar-refractivity contribution in [2.24, 2.45) is 0 Å². The Bertz CT molecular complexity index is 413. The zero-order valence-electron chi connectivity index (χ0n) is 7.58. The number of anilines is 1. The smallest absolute Gasteiger partial charge is 0.228 e. The molecule has 1 amide bonds. The monoisotopic (exact) mass is 308 g/mol. The highest BCUT2D eigenvalue weighted by Gasteiger charge is 2.30. The molecule has 2 rings (SSSR count). The maximum atomic E-state index is 11.6. The molecule has 1 aliphatic rings. The summed E-state index contributed by atoms with van der Waals surface area (Å²) in [6, 6.07) is 3.41. The third-order valence-corrected chi connectivity index (χ3v) is 3.25. The number of carbonyl (C=O) groups is 1. The predicted molar refractivity (Wildman–Crippen MR) is 63.6 cm³/mol. The Morgan fingerprint density at radius 3 is 2.80 bits per heavy atom. The predicted octanol–water partition coefficient (Wildman–Crippen LogP) is 2.84. The SMILES string of the molecule is O=C1CC(Cl)CN1c1ccc(Cl)nc1Br. The normalized spacial score (nSPS) is 21.1. The van der Waals surface area contributed by atoms with E-state index in [-0.39, 0.29) is 11.3 Å². The van der Waals surface area contributed by atoms with Crippen molar-refractivity contribution in [1.29, 1.82) is 0 Å². The largest absolute Gasteiger partial charge is 0.308 e. The average Bonchev–Trinajstić information content (AvgIpc) is 2.45. The maximum absolute atomic E-state index is 11.6. The first kappa shape index (κ1) is 11.2. The lowest BCUT2D eigenvalue weighted by Gasteiger charge is -2.16. The van der Waals surface area contributed by atoms with Gasteiger partial charge in [-0.3, -0.25) is 4.79 Å². The van der Waals surface area contributed by atoms with E-state index in [0.29, 0.717) is 28.4 Å². The Labute approximate surface area is 106 Å². The van der Waals surface area contributed by atoms with Gasteiger partial charge in [0.15, 0.2) is 0 Å². The highest BCUT2D eigenvalue weighted by atomic mass is 79.9. The van der Waals surface area contributed by atoms with Crippen molar-refractivity contribution in [3.63, 3.8) is 0 Å². The molecule has 15 heavy (non-hydrogen) atoms. The minimum Gasteiger partial charge on any atom is -0.308 e. The summed E-state index contributed by atoms with van der Waals surface area (Å²) in [4.78, 5) is 17.2. The highest BCUT2D eigenvalue weighted by Crippen LogP contribution is 2.30. The molecule has 1 atom stereocenters. The van der Waals surface area contributed by atoms with Gasteiger partial charge in [0, 0.05) is 13.0 Å². The average molecular weight is 310 g/mol. The number of aromatic nitrogens is 1. The van der Waals surface area contributed by atoms with E-state index in [9.17, 15) is 4.79 Å². The molecule has 0 aliphatic carbocycles. The second kappa shape index (κ2) is 4.28. The Kier molecular flexibility index (Phi) is 3.19. The summed E-state index contributed by atoms with van der Waals surface area (Å²) >= 11 is 14.9. The topological polar surface area (TPSA) is 33.2 Å². The molecule has 1 aromatic heterocycles. The molecule has 6 heteroatoms. The van der Waals surface area contributed by atoms with Crippen LogP contribution in [-0.4, -0.2) is 22.8 Å². The quantitative estimate of drug-likeness (QED) is 0.590. The van der Waals surface area contributed by atoms with Crippen LogP contribution in [-0.2, 0) is 4.79 Å². The molecule has 3 nitrogen and oxygen atoms in total. The Hall–Kier alpha value is -0.320. The van der Waals surface area contributed by atoms with Gasteiger partial charge in [0.2, 0.25) is 5.91 Å². The van der Waals surface area contributed by atoms with Gasteiger partial charge in [0.1, 0.15) is 9.76 Å². The number of hydrogen-bond acceptors (Lipinski definition) is 2. The summed E-state index contributed by atoms with van der Waals surface area (Å²) in [7, 11) is 0. The number of nitrogens with zero attached hydrogens (tertiary/aromatic N) is 2. The van der Waals surface area contributed by atoms with Gasteiger partial charge in [-0.2, -0.15) is 0 Å². The van der Waals surface area contributed by atoms with Crippen molar-refractivity contribution in [2.75, 3.05) is 11.4 Å². The van der Waals surface area contributed by atoms with Crippen molar-refractivity contribution in [3.8, 4) is 0 Å². The number of carbonyl (C=O) groups excluding carboxylic acids is 1. The van der Waals surface area contributed by atoms with E-state index < -0.39 is 0 Å². The number of amides is 1. The number of rotatable bonds is 1. The molecular weight excluding hydrogens is 303 g/mol. The molecule has 1 fully saturated rings. The van der Waals surface area contributed by atoms with Gasteiger partial charge >= 0.3 is 0 Å². The fourth-order valence-electron chi connectivity index (χ4n) is 1.50. The Morgan fingerprint density at radius 1 is 1.53 bits per heavy atom. The zero-order valence-corrected chi connectivity index (χ0v) is 10.7. The van der Waals surface area contributed by atoms with Gasteiger partial charge in [0.05, 0.1) is 11.1 Å². The van der Waals surface area contributed by atoms with Crippen LogP contribution in [0, 0.1) is 0 Å². The molecule has 1 aromatic rings. The van der Waals surface area contributed by atoms with Crippen LogP contribution in [0.2, 0.25) is 5.15 Å². The minimum absolute atomic E-state index is 0.0137. The lowest BCUT2D eigenvalue weighted by Crippen LogP contribution is -2.25. The molecular formula is C9H7BrCl2N2O. The fraction of sp³-hybridized carbons (Fsp3) is 0.333. The van der Waals surface area contributed by atoms with E-state index in [1.54, 1.807) is 17.0 Å². The van der Waals surface area contributed by atoms with Crippen molar-refractivity contribution < 1.29 is 4.79 Å². The number of halogens is 3. The van der Waals surface area contributed by atoms with Crippen LogP contribution in [0.25, 0.3) is 0 Å². The Morgan fingerprint density at radius 2 is 2.27 bits per heavy atom. The molecule has 0 bridgehead atoms. The number of alkyl halides is 1. The van der Waals surface area contributed by atoms with E-state index in [1.807, 2.05) is 0 Å². The van der Waals surface area contributed by atoms with Gasteiger partial charge in [-0.15, -0.1) is 11.6 Å². The molecule has 1 unspecified atom stereocenters. The summed E-state index contributed by atoms with van der Waals surface area (Å²) in [5.74, 6) is 0.0137.